The van der Waals surface area contributed by atoms with Crippen LogP contribution in [0.15, 0.2) is 24.3 Å². The van der Waals surface area contributed by atoms with Crippen molar-refractivity contribution in [3.63, 3.8) is 0 Å². The standard InChI is InChI=1S/C18H27ClN2O/c1-18(2,3)14-17(22)21-11-9-20(10-12-21)8-7-15-5-4-6-16(19)13-15/h4-6,13H,7-12,14H2,1-3H3. The third-order valence-electron chi connectivity index (χ3n) is 4.01. The molecule has 22 heavy (non-hydrogen) atoms. The van der Waals surface area contributed by atoms with E-state index in [4.69, 9.17) is 11.6 Å². The summed E-state index contributed by atoms with van der Waals surface area (Å²) in [7, 11) is 0. The average Bonchev–Trinajstić information content (AvgIpc) is 2.44. The van der Waals surface area contributed by atoms with E-state index in [2.05, 4.69) is 31.7 Å². The molecule has 0 spiro atoms. The SMILES string of the molecule is CC(C)(C)CC(=O)N1CCN(CCc2cccc(Cl)c2)CC1. The smallest absolute Gasteiger partial charge is 0.223 e. The van der Waals surface area contributed by atoms with Gasteiger partial charge in [0, 0.05) is 44.2 Å². The number of carbonyl (C=O) groups excluding carboxylic acids is 1. The van der Waals surface area contributed by atoms with Crippen LogP contribution < -0.4 is 0 Å². The largest absolute Gasteiger partial charge is 0.340 e. The predicted molar refractivity (Wildman–Crippen MR) is 92.2 cm³/mol. The van der Waals surface area contributed by atoms with E-state index in [0.717, 1.165) is 44.2 Å². The van der Waals surface area contributed by atoms with Crippen LogP contribution in [0, 0.1) is 5.41 Å². The summed E-state index contributed by atoms with van der Waals surface area (Å²) in [6, 6.07) is 8.06. The lowest BCUT2D eigenvalue weighted by Crippen LogP contribution is -2.49. The third-order valence-corrected chi connectivity index (χ3v) is 4.25. The van der Waals surface area contributed by atoms with Crippen LogP contribution in [0.3, 0.4) is 0 Å². The molecule has 0 bridgehead atoms. The Bertz CT molecular complexity index is 502. The van der Waals surface area contributed by atoms with Gasteiger partial charge in [-0.05, 0) is 29.5 Å². The van der Waals surface area contributed by atoms with Crippen molar-refractivity contribution in [1.82, 2.24) is 9.80 Å². The second-order valence-corrected chi connectivity index (χ2v) is 7.78. The maximum atomic E-state index is 12.2. The molecule has 0 atom stereocenters. The van der Waals surface area contributed by atoms with Gasteiger partial charge < -0.3 is 4.90 Å². The minimum absolute atomic E-state index is 0.0702. The lowest BCUT2D eigenvalue weighted by atomic mass is 9.91. The van der Waals surface area contributed by atoms with Gasteiger partial charge in [0.15, 0.2) is 0 Å². The van der Waals surface area contributed by atoms with Gasteiger partial charge in [0.1, 0.15) is 0 Å². The fraction of sp³-hybridized carbons (Fsp3) is 0.611. The normalized spacial score (nSPS) is 16.8. The van der Waals surface area contributed by atoms with E-state index < -0.39 is 0 Å². The van der Waals surface area contributed by atoms with Crippen LogP contribution in [-0.4, -0.2) is 48.4 Å². The van der Waals surface area contributed by atoms with E-state index in [9.17, 15) is 4.79 Å². The Kier molecular flexibility index (Phi) is 5.87. The Labute approximate surface area is 139 Å². The molecule has 2 rings (SSSR count). The van der Waals surface area contributed by atoms with E-state index >= 15 is 0 Å². The number of rotatable bonds is 4. The number of nitrogens with zero attached hydrogens (tertiary/aromatic N) is 2. The quantitative estimate of drug-likeness (QED) is 0.847. The van der Waals surface area contributed by atoms with Gasteiger partial charge in [-0.25, -0.2) is 0 Å². The number of piperazine rings is 1. The second-order valence-electron chi connectivity index (χ2n) is 7.34. The van der Waals surface area contributed by atoms with Gasteiger partial charge >= 0.3 is 0 Å². The highest BCUT2D eigenvalue weighted by atomic mass is 35.5. The maximum Gasteiger partial charge on any atom is 0.223 e. The molecule has 1 saturated heterocycles. The van der Waals surface area contributed by atoms with Gasteiger partial charge in [-0.15, -0.1) is 0 Å². The van der Waals surface area contributed by atoms with Gasteiger partial charge in [0.2, 0.25) is 5.91 Å². The summed E-state index contributed by atoms with van der Waals surface area (Å²) in [6.45, 7) is 11.0. The molecule has 0 aromatic heterocycles. The summed E-state index contributed by atoms with van der Waals surface area (Å²) in [6.07, 6.45) is 1.64. The van der Waals surface area contributed by atoms with Gasteiger partial charge in [-0.1, -0.05) is 44.5 Å². The molecule has 0 N–H and O–H groups in total. The molecule has 1 aliphatic rings. The van der Waals surface area contributed by atoms with Crippen molar-refractivity contribution in [3.8, 4) is 0 Å². The molecule has 1 aromatic carbocycles. The molecule has 0 saturated carbocycles. The van der Waals surface area contributed by atoms with Crippen molar-refractivity contribution in [1.29, 1.82) is 0 Å². The molecular formula is C18H27ClN2O. The Hall–Kier alpha value is -1.06. The van der Waals surface area contributed by atoms with Crippen LogP contribution >= 0.6 is 11.6 Å². The third kappa shape index (κ3) is 5.62. The molecule has 0 radical (unpaired) electrons. The molecule has 1 aliphatic heterocycles. The number of carbonyl (C=O) groups is 1. The predicted octanol–water partition coefficient (Wildman–Crippen LogP) is 3.46. The van der Waals surface area contributed by atoms with E-state index in [1.807, 2.05) is 23.1 Å². The topological polar surface area (TPSA) is 23.6 Å². The number of hydrogen-bond acceptors (Lipinski definition) is 2. The van der Waals surface area contributed by atoms with Crippen LogP contribution in [0.25, 0.3) is 0 Å². The van der Waals surface area contributed by atoms with Crippen LogP contribution in [0.2, 0.25) is 5.02 Å². The van der Waals surface area contributed by atoms with E-state index in [1.54, 1.807) is 0 Å². The minimum atomic E-state index is 0.0702. The number of halogens is 1. The first-order valence-corrected chi connectivity index (χ1v) is 8.46. The molecular weight excluding hydrogens is 296 g/mol. The summed E-state index contributed by atoms with van der Waals surface area (Å²) in [5, 5.41) is 0.801. The fourth-order valence-electron chi connectivity index (χ4n) is 2.77. The zero-order chi connectivity index (χ0) is 16.2. The molecule has 4 heteroatoms. The highest BCUT2D eigenvalue weighted by Crippen LogP contribution is 2.20. The van der Waals surface area contributed by atoms with Crippen LogP contribution in [0.5, 0.6) is 0 Å². The van der Waals surface area contributed by atoms with E-state index in [0.29, 0.717) is 12.3 Å². The number of benzene rings is 1. The number of amides is 1. The molecule has 1 amide bonds. The summed E-state index contributed by atoms with van der Waals surface area (Å²) < 4.78 is 0. The van der Waals surface area contributed by atoms with Crippen molar-refractivity contribution >= 4 is 17.5 Å². The molecule has 1 aromatic rings. The van der Waals surface area contributed by atoms with Crippen molar-refractivity contribution in [2.45, 2.75) is 33.6 Å². The Morgan fingerprint density at radius 2 is 1.86 bits per heavy atom. The van der Waals surface area contributed by atoms with Crippen molar-refractivity contribution in [2.75, 3.05) is 32.7 Å². The van der Waals surface area contributed by atoms with Crippen LogP contribution in [0.1, 0.15) is 32.8 Å². The molecule has 1 fully saturated rings. The first kappa shape index (κ1) is 17.3. The maximum absolute atomic E-state index is 12.2. The van der Waals surface area contributed by atoms with Crippen molar-refractivity contribution in [3.05, 3.63) is 34.9 Å². The van der Waals surface area contributed by atoms with E-state index in [1.165, 1.54) is 5.56 Å². The summed E-state index contributed by atoms with van der Waals surface area (Å²) in [5.41, 5.74) is 1.35. The summed E-state index contributed by atoms with van der Waals surface area (Å²) in [4.78, 5) is 16.7. The Morgan fingerprint density at radius 1 is 1.18 bits per heavy atom. The van der Waals surface area contributed by atoms with Gasteiger partial charge in [0.05, 0.1) is 0 Å². The van der Waals surface area contributed by atoms with Crippen LogP contribution in [-0.2, 0) is 11.2 Å². The summed E-state index contributed by atoms with van der Waals surface area (Å²) >= 11 is 6.02. The first-order valence-electron chi connectivity index (χ1n) is 8.08. The summed E-state index contributed by atoms with van der Waals surface area (Å²) in [5.74, 6) is 0.294. The Balaban J connectivity index is 1.74. The highest BCUT2D eigenvalue weighted by Gasteiger charge is 2.24. The van der Waals surface area contributed by atoms with Crippen molar-refractivity contribution < 1.29 is 4.79 Å². The minimum Gasteiger partial charge on any atom is -0.340 e. The fourth-order valence-corrected chi connectivity index (χ4v) is 2.98. The molecule has 0 aliphatic carbocycles. The average molecular weight is 323 g/mol. The number of hydrogen-bond donors (Lipinski definition) is 0. The highest BCUT2D eigenvalue weighted by molar-refractivity contribution is 6.30. The van der Waals surface area contributed by atoms with Crippen LogP contribution in [0.4, 0.5) is 0 Å². The molecule has 1 heterocycles. The Morgan fingerprint density at radius 3 is 2.45 bits per heavy atom. The van der Waals surface area contributed by atoms with Gasteiger partial charge in [0.25, 0.3) is 0 Å². The van der Waals surface area contributed by atoms with E-state index in [-0.39, 0.29) is 5.41 Å². The molecule has 0 unspecified atom stereocenters. The lowest BCUT2D eigenvalue weighted by Gasteiger charge is -2.36. The zero-order valence-corrected chi connectivity index (χ0v) is 14.7. The monoisotopic (exact) mass is 322 g/mol. The lowest BCUT2D eigenvalue weighted by molar-refractivity contribution is -0.134. The molecule has 3 nitrogen and oxygen atoms in total. The first-order chi connectivity index (χ1) is 10.3. The van der Waals surface area contributed by atoms with Gasteiger partial charge in [-0.2, -0.15) is 0 Å². The van der Waals surface area contributed by atoms with Crippen molar-refractivity contribution in [2.24, 2.45) is 5.41 Å². The molecule has 122 valence electrons. The van der Waals surface area contributed by atoms with Gasteiger partial charge in [-0.3, -0.25) is 9.69 Å². The zero-order valence-electron chi connectivity index (χ0n) is 13.9. The second kappa shape index (κ2) is 7.47.